The van der Waals surface area contributed by atoms with Gasteiger partial charge in [-0.25, -0.2) is 0 Å². The monoisotopic (exact) mass is 277 g/mol. The zero-order valence-corrected chi connectivity index (χ0v) is 11.5. The molecule has 0 aliphatic carbocycles. The molecule has 0 N–H and O–H groups in total. The van der Waals surface area contributed by atoms with Gasteiger partial charge in [-0.1, -0.05) is 30.3 Å². The van der Waals surface area contributed by atoms with Gasteiger partial charge in [-0.2, -0.15) is 5.06 Å². The van der Waals surface area contributed by atoms with Gasteiger partial charge in [-0.15, -0.1) is 0 Å². The van der Waals surface area contributed by atoms with Crippen LogP contribution in [0, 0.1) is 5.92 Å². The van der Waals surface area contributed by atoms with E-state index < -0.39 is 0 Å². The molecule has 2 aliphatic heterocycles. The summed E-state index contributed by atoms with van der Waals surface area (Å²) >= 11 is 0. The number of carbonyl (C=O) groups is 1. The van der Waals surface area contributed by atoms with Gasteiger partial charge in [-0.3, -0.25) is 9.63 Å². The van der Waals surface area contributed by atoms with Gasteiger partial charge in [0.2, 0.25) is 0 Å². The third kappa shape index (κ3) is 2.70. The summed E-state index contributed by atoms with van der Waals surface area (Å²) < 4.78 is 10.8. The van der Waals surface area contributed by atoms with E-state index in [1.165, 1.54) is 0 Å². The molecular weight excluding hydrogens is 258 g/mol. The van der Waals surface area contributed by atoms with Crippen LogP contribution in [0.15, 0.2) is 30.3 Å². The van der Waals surface area contributed by atoms with Gasteiger partial charge in [-0.05, 0) is 18.9 Å². The number of benzene rings is 1. The van der Waals surface area contributed by atoms with Crippen molar-refractivity contribution >= 4 is 5.97 Å². The first-order valence-electron chi connectivity index (χ1n) is 6.97. The smallest absolute Gasteiger partial charge is 0.313 e. The number of hydroxylamine groups is 2. The Morgan fingerprint density at radius 1 is 1.40 bits per heavy atom. The van der Waals surface area contributed by atoms with E-state index in [4.69, 9.17) is 14.3 Å². The van der Waals surface area contributed by atoms with E-state index in [9.17, 15) is 4.79 Å². The lowest BCUT2D eigenvalue weighted by atomic mass is 9.93. The molecule has 0 spiro atoms. The van der Waals surface area contributed by atoms with Gasteiger partial charge in [0.15, 0.2) is 0 Å². The molecule has 0 saturated carbocycles. The van der Waals surface area contributed by atoms with Crippen LogP contribution in [0.1, 0.15) is 18.9 Å². The highest BCUT2D eigenvalue weighted by Gasteiger charge is 2.47. The predicted octanol–water partition coefficient (Wildman–Crippen LogP) is 1.73. The topological polar surface area (TPSA) is 48.0 Å². The Bertz CT molecular complexity index is 464. The summed E-state index contributed by atoms with van der Waals surface area (Å²) in [4.78, 5) is 18.0. The molecule has 5 nitrogen and oxygen atoms in total. The molecule has 2 fully saturated rings. The van der Waals surface area contributed by atoms with Crippen LogP contribution in [0.2, 0.25) is 0 Å². The van der Waals surface area contributed by atoms with Crippen LogP contribution in [0.3, 0.4) is 0 Å². The Morgan fingerprint density at radius 3 is 3.00 bits per heavy atom. The molecule has 5 heteroatoms. The van der Waals surface area contributed by atoms with E-state index in [0.717, 1.165) is 12.0 Å². The lowest BCUT2D eigenvalue weighted by Crippen LogP contribution is -2.42. The van der Waals surface area contributed by atoms with Crippen LogP contribution < -0.4 is 0 Å². The van der Waals surface area contributed by atoms with Crippen LogP contribution in [-0.2, 0) is 25.7 Å². The zero-order chi connectivity index (χ0) is 13.9. The molecule has 0 aromatic heterocycles. The van der Waals surface area contributed by atoms with Crippen LogP contribution in [0.5, 0.6) is 0 Å². The number of esters is 1. The number of carbonyl (C=O) groups excluding carboxylic acids is 1. The fourth-order valence-corrected chi connectivity index (χ4v) is 2.83. The summed E-state index contributed by atoms with van der Waals surface area (Å²) in [6, 6.07) is 9.78. The molecule has 2 aliphatic rings. The Hall–Kier alpha value is -1.43. The van der Waals surface area contributed by atoms with Gasteiger partial charge >= 0.3 is 5.97 Å². The number of hydrogen-bond donors (Lipinski definition) is 0. The highest BCUT2D eigenvalue weighted by atomic mass is 16.7. The van der Waals surface area contributed by atoms with Crippen molar-refractivity contribution in [2.24, 2.45) is 5.92 Å². The zero-order valence-electron chi connectivity index (χ0n) is 11.5. The predicted molar refractivity (Wildman–Crippen MR) is 71.3 cm³/mol. The first-order valence-corrected chi connectivity index (χ1v) is 6.97. The van der Waals surface area contributed by atoms with Crippen molar-refractivity contribution in [2.75, 3.05) is 13.3 Å². The first-order chi connectivity index (χ1) is 9.75. The maximum atomic E-state index is 12.3. The van der Waals surface area contributed by atoms with E-state index in [1.54, 1.807) is 5.06 Å². The Balaban J connectivity index is 1.61. The van der Waals surface area contributed by atoms with Crippen LogP contribution in [0.4, 0.5) is 0 Å². The van der Waals surface area contributed by atoms with Gasteiger partial charge in [0.1, 0.15) is 19.3 Å². The minimum absolute atomic E-state index is 0.0713. The molecule has 108 valence electrons. The summed E-state index contributed by atoms with van der Waals surface area (Å²) in [5.41, 5.74) is 0.997. The SMILES string of the molecule is C[C@H]1ON2COCC[C@H]2[C@@H]1C(=O)OCc1ccccc1. The second-order valence-electron chi connectivity index (χ2n) is 5.24. The van der Waals surface area contributed by atoms with Gasteiger partial charge < -0.3 is 9.47 Å². The molecular formula is C15H19NO4. The summed E-state index contributed by atoms with van der Waals surface area (Å²) in [5.74, 6) is -0.418. The Labute approximate surface area is 118 Å². The second-order valence-corrected chi connectivity index (χ2v) is 5.24. The number of rotatable bonds is 3. The Kier molecular flexibility index (Phi) is 4.00. The minimum atomic E-state index is -0.234. The molecule has 1 aromatic carbocycles. The highest BCUT2D eigenvalue weighted by Crippen LogP contribution is 2.32. The van der Waals surface area contributed by atoms with E-state index in [1.807, 2.05) is 37.3 Å². The van der Waals surface area contributed by atoms with Crippen LogP contribution >= 0.6 is 0 Å². The lowest BCUT2D eigenvalue weighted by Gasteiger charge is -2.28. The van der Waals surface area contributed by atoms with Crippen molar-refractivity contribution in [1.29, 1.82) is 0 Å². The number of fused-ring (bicyclic) bond motifs is 1. The fraction of sp³-hybridized carbons (Fsp3) is 0.533. The van der Waals surface area contributed by atoms with Crippen molar-refractivity contribution in [1.82, 2.24) is 5.06 Å². The van der Waals surface area contributed by atoms with Gasteiger partial charge in [0, 0.05) is 0 Å². The quantitative estimate of drug-likeness (QED) is 0.787. The number of ether oxygens (including phenoxy) is 2. The summed E-state index contributed by atoms with van der Waals surface area (Å²) in [5, 5.41) is 1.77. The molecule has 0 radical (unpaired) electrons. The first kappa shape index (κ1) is 13.5. The van der Waals surface area contributed by atoms with Crippen molar-refractivity contribution in [3.8, 4) is 0 Å². The van der Waals surface area contributed by atoms with E-state index in [2.05, 4.69) is 0 Å². The molecule has 2 saturated heterocycles. The molecule has 0 amide bonds. The molecule has 3 rings (SSSR count). The average Bonchev–Trinajstić information content (AvgIpc) is 2.82. The molecule has 2 heterocycles. The third-order valence-electron chi connectivity index (χ3n) is 3.86. The molecule has 1 aromatic rings. The summed E-state index contributed by atoms with van der Waals surface area (Å²) in [6.45, 7) is 3.32. The Morgan fingerprint density at radius 2 is 2.20 bits per heavy atom. The van der Waals surface area contributed by atoms with Gasteiger partial charge in [0.05, 0.1) is 18.8 Å². The number of hydrogen-bond acceptors (Lipinski definition) is 5. The fourth-order valence-electron chi connectivity index (χ4n) is 2.83. The molecule has 0 bridgehead atoms. The van der Waals surface area contributed by atoms with Crippen molar-refractivity contribution in [2.45, 2.75) is 32.1 Å². The average molecular weight is 277 g/mol. The molecule has 3 atom stereocenters. The maximum Gasteiger partial charge on any atom is 0.313 e. The molecule has 20 heavy (non-hydrogen) atoms. The highest BCUT2D eigenvalue weighted by molar-refractivity contribution is 5.74. The standard InChI is InChI=1S/C15H19NO4/c1-11-14(13-7-8-18-10-16(13)20-11)15(17)19-9-12-5-3-2-4-6-12/h2-6,11,13-14H,7-10H2,1H3/t11-,13+,14-/m1/s1. The summed E-state index contributed by atoms with van der Waals surface area (Å²) in [7, 11) is 0. The third-order valence-corrected chi connectivity index (χ3v) is 3.86. The summed E-state index contributed by atoms with van der Waals surface area (Å²) in [6.07, 6.45) is 0.639. The van der Waals surface area contributed by atoms with Crippen molar-refractivity contribution in [3.63, 3.8) is 0 Å². The number of nitrogens with zero attached hydrogens (tertiary/aromatic N) is 1. The minimum Gasteiger partial charge on any atom is -0.460 e. The molecule has 0 unspecified atom stereocenters. The van der Waals surface area contributed by atoms with Crippen LogP contribution in [0.25, 0.3) is 0 Å². The van der Waals surface area contributed by atoms with Gasteiger partial charge in [0.25, 0.3) is 0 Å². The maximum absolute atomic E-state index is 12.3. The largest absolute Gasteiger partial charge is 0.460 e. The van der Waals surface area contributed by atoms with Crippen LogP contribution in [-0.4, -0.2) is 36.5 Å². The van der Waals surface area contributed by atoms with Crippen molar-refractivity contribution in [3.05, 3.63) is 35.9 Å². The van der Waals surface area contributed by atoms with E-state index >= 15 is 0 Å². The lowest BCUT2D eigenvalue weighted by molar-refractivity contribution is -0.227. The van der Waals surface area contributed by atoms with E-state index in [0.29, 0.717) is 19.9 Å². The normalized spacial score (nSPS) is 29.9. The second kappa shape index (κ2) is 5.91. The van der Waals surface area contributed by atoms with E-state index in [-0.39, 0.29) is 24.0 Å². The van der Waals surface area contributed by atoms with Crippen molar-refractivity contribution < 1.29 is 19.1 Å².